The van der Waals surface area contributed by atoms with Gasteiger partial charge in [-0.25, -0.2) is 0 Å². The van der Waals surface area contributed by atoms with E-state index in [1.807, 2.05) is 19.1 Å². The third kappa shape index (κ3) is 1.71. The maximum atomic E-state index is 11.1. The zero-order chi connectivity index (χ0) is 10.8. The van der Waals surface area contributed by atoms with Crippen LogP contribution in [0.1, 0.15) is 26.7 Å². The maximum Gasteiger partial charge on any atom is 0.131 e. The van der Waals surface area contributed by atoms with E-state index in [1.54, 1.807) is 0 Å². The van der Waals surface area contributed by atoms with Crippen LogP contribution in [0.25, 0.3) is 0 Å². The number of carbonyl (C=O) groups excluding carboxylic acids is 1. The first-order valence-electron chi connectivity index (χ1n) is 4.91. The van der Waals surface area contributed by atoms with Gasteiger partial charge >= 0.3 is 0 Å². The van der Waals surface area contributed by atoms with E-state index in [2.05, 4.69) is 22.9 Å². The molecule has 0 spiro atoms. The fraction of sp³-hybridized carbons (Fsp3) is 0.545. The number of hydrogen-bond acceptors (Lipinski definition) is 2. The molecule has 0 amide bonds. The van der Waals surface area contributed by atoms with Crippen LogP contribution in [-0.2, 0) is 4.79 Å². The molecule has 1 rings (SSSR count). The highest BCUT2D eigenvalue weighted by Crippen LogP contribution is 2.37. The van der Waals surface area contributed by atoms with Gasteiger partial charge in [0.15, 0.2) is 0 Å². The van der Waals surface area contributed by atoms with Gasteiger partial charge < -0.3 is 10.5 Å². The summed E-state index contributed by atoms with van der Waals surface area (Å²) in [7, 11) is 0. The zero-order valence-corrected chi connectivity index (χ0v) is 10.2. The number of rotatable bonds is 3. The molecule has 0 aromatic carbocycles. The monoisotopic (exact) mass is 257 g/mol. The Labute approximate surface area is 93.4 Å². The lowest BCUT2D eigenvalue weighted by Crippen LogP contribution is -2.43. The molecule has 0 aromatic heterocycles. The molecule has 0 heterocycles. The average Bonchev–Trinajstić information content (AvgIpc) is 2.23. The molecule has 1 aliphatic rings. The Balaban J connectivity index is 3.09. The summed E-state index contributed by atoms with van der Waals surface area (Å²) in [5, 5.41) is 0. The molecule has 0 aliphatic heterocycles. The van der Waals surface area contributed by atoms with Crippen molar-refractivity contribution < 1.29 is 4.79 Å². The predicted octanol–water partition coefficient (Wildman–Crippen LogP) is 2.54. The second-order valence-electron chi connectivity index (χ2n) is 3.62. The Morgan fingerprint density at radius 1 is 1.64 bits per heavy atom. The fourth-order valence-electron chi connectivity index (χ4n) is 1.70. The number of carbonyl (C=O) groups is 1. The van der Waals surface area contributed by atoms with E-state index in [1.165, 1.54) is 5.57 Å². The largest absolute Gasteiger partial charge is 0.322 e. The molecule has 2 atom stereocenters. The lowest BCUT2D eigenvalue weighted by molar-refractivity contribution is -0.114. The molecule has 78 valence electrons. The Bertz CT molecular complexity index is 296. The van der Waals surface area contributed by atoms with Gasteiger partial charge in [-0.15, -0.1) is 0 Å². The van der Waals surface area contributed by atoms with E-state index in [4.69, 9.17) is 5.73 Å². The van der Waals surface area contributed by atoms with Gasteiger partial charge in [0.2, 0.25) is 0 Å². The van der Waals surface area contributed by atoms with Crippen LogP contribution in [0.3, 0.4) is 0 Å². The van der Waals surface area contributed by atoms with Crippen LogP contribution in [0.15, 0.2) is 22.2 Å². The van der Waals surface area contributed by atoms with E-state index in [-0.39, 0.29) is 6.04 Å². The molecule has 1 aliphatic carbocycles. The minimum Gasteiger partial charge on any atom is -0.322 e. The van der Waals surface area contributed by atoms with Crippen molar-refractivity contribution in [3.63, 3.8) is 0 Å². The fourth-order valence-corrected chi connectivity index (χ4v) is 2.53. The Kier molecular flexibility index (Phi) is 3.67. The summed E-state index contributed by atoms with van der Waals surface area (Å²) in [6, 6.07) is -0.232. The summed E-state index contributed by atoms with van der Waals surface area (Å²) in [5.41, 5.74) is 6.72. The maximum absolute atomic E-state index is 11.1. The second kappa shape index (κ2) is 4.41. The number of hydrogen-bond donors (Lipinski definition) is 1. The smallest absolute Gasteiger partial charge is 0.131 e. The molecule has 3 heteroatoms. The van der Waals surface area contributed by atoms with Crippen molar-refractivity contribution in [1.82, 2.24) is 0 Å². The third-order valence-corrected chi connectivity index (χ3v) is 3.97. The Hall–Kier alpha value is -0.410. The van der Waals surface area contributed by atoms with Crippen LogP contribution < -0.4 is 5.73 Å². The Morgan fingerprint density at radius 3 is 2.71 bits per heavy atom. The molecule has 0 radical (unpaired) electrons. The molecule has 0 bridgehead atoms. The minimum absolute atomic E-state index is 0.232. The van der Waals surface area contributed by atoms with Crippen molar-refractivity contribution in [2.24, 2.45) is 11.1 Å². The molecule has 0 saturated carbocycles. The van der Waals surface area contributed by atoms with Gasteiger partial charge in [0.1, 0.15) is 6.29 Å². The van der Waals surface area contributed by atoms with Crippen LogP contribution >= 0.6 is 15.9 Å². The van der Waals surface area contributed by atoms with Crippen molar-refractivity contribution in [2.45, 2.75) is 32.7 Å². The average molecular weight is 258 g/mol. The third-order valence-electron chi connectivity index (χ3n) is 2.97. The summed E-state index contributed by atoms with van der Waals surface area (Å²) in [6.45, 7) is 4.06. The van der Waals surface area contributed by atoms with E-state index < -0.39 is 5.41 Å². The van der Waals surface area contributed by atoms with Gasteiger partial charge in [-0.2, -0.15) is 0 Å². The summed E-state index contributed by atoms with van der Waals surface area (Å²) >= 11 is 3.48. The molecular formula is C11H16BrNO. The normalized spacial score (nSPS) is 32.1. The second-order valence-corrected chi connectivity index (χ2v) is 4.48. The van der Waals surface area contributed by atoms with E-state index in [0.29, 0.717) is 0 Å². The summed E-state index contributed by atoms with van der Waals surface area (Å²) in [4.78, 5) is 11.1. The molecule has 2 nitrogen and oxygen atoms in total. The number of allylic oxidation sites excluding steroid dienone is 2. The quantitative estimate of drug-likeness (QED) is 0.790. The lowest BCUT2D eigenvalue weighted by Gasteiger charge is -2.34. The first-order valence-corrected chi connectivity index (χ1v) is 5.70. The number of halogens is 1. The molecule has 0 aromatic rings. The van der Waals surface area contributed by atoms with Crippen molar-refractivity contribution in [1.29, 1.82) is 0 Å². The van der Waals surface area contributed by atoms with Gasteiger partial charge in [-0.1, -0.05) is 41.9 Å². The van der Waals surface area contributed by atoms with E-state index in [9.17, 15) is 4.79 Å². The highest BCUT2D eigenvalue weighted by molar-refractivity contribution is 9.11. The minimum atomic E-state index is -0.516. The topological polar surface area (TPSA) is 43.1 Å². The standard InChI is InChI=1S/C11H16BrNO/c1-3-8-5-6-11(4-2,7-14)10(13)9(8)12/h5-7,10H,3-4,13H2,1-2H3. The van der Waals surface area contributed by atoms with Crippen molar-refractivity contribution in [3.05, 3.63) is 22.2 Å². The van der Waals surface area contributed by atoms with Crippen molar-refractivity contribution in [2.75, 3.05) is 0 Å². The molecular weight excluding hydrogens is 242 g/mol. The zero-order valence-electron chi connectivity index (χ0n) is 8.59. The van der Waals surface area contributed by atoms with Gasteiger partial charge in [0.05, 0.1) is 11.5 Å². The highest BCUT2D eigenvalue weighted by atomic mass is 79.9. The Morgan fingerprint density at radius 2 is 2.29 bits per heavy atom. The van der Waals surface area contributed by atoms with Gasteiger partial charge in [-0.3, -0.25) is 0 Å². The van der Waals surface area contributed by atoms with Gasteiger partial charge in [-0.05, 0) is 18.4 Å². The molecule has 14 heavy (non-hydrogen) atoms. The SMILES string of the molecule is CCC1=C(Br)C(N)C(C=O)(CC)C=C1. The predicted molar refractivity (Wildman–Crippen MR) is 62.1 cm³/mol. The van der Waals surface area contributed by atoms with Crippen LogP contribution in [0.4, 0.5) is 0 Å². The molecule has 2 unspecified atom stereocenters. The summed E-state index contributed by atoms with van der Waals surface area (Å²) < 4.78 is 0.969. The van der Waals surface area contributed by atoms with Crippen molar-refractivity contribution in [3.8, 4) is 0 Å². The first kappa shape index (κ1) is 11.7. The summed E-state index contributed by atoms with van der Waals surface area (Å²) in [5.74, 6) is 0. The molecule has 2 N–H and O–H groups in total. The first-order chi connectivity index (χ1) is 6.61. The molecule has 0 fully saturated rings. The highest BCUT2D eigenvalue weighted by Gasteiger charge is 2.36. The van der Waals surface area contributed by atoms with Gasteiger partial charge in [0, 0.05) is 4.48 Å². The lowest BCUT2D eigenvalue weighted by atomic mass is 9.75. The van der Waals surface area contributed by atoms with Crippen LogP contribution in [0, 0.1) is 5.41 Å². The molecule has 0 saturated heterocycles. The van der Waals surface area contributed by atoms with E-state index in [0.717, 1.165) is 23.6 Å². The number of nitrogens with two attached hydrogens (primary N) is 1. The number of aldehydes is 1. The van der Waals surface area contributed by atoms with Gasteiger partial charge in [0.25, 0.3) is 0 Å². The van der Waals surface area contributed by atoms with Crippen LogP contribution in [0.5, 0.6) is 0 Å². The van der Waals surface area contributed by atoms with E-state index >= 15 is 0 Å². The van der Waals surface area contributed by atoms with Crippen molar-refractivity contribution >= 4 is 22.2 Å². The van der Waals surface area contributed by atoms with Crippen LogP contribution in [0.2, 0.25) is 0 Å². The summed E-state index contributed by atoms with van der Waals surface area (Å²) in [6.07, 6.45) is 6.57. The van der Waals surface area contributed by atoms with Crippen LogP contribution in [-0.4, -0.2) is 12.3 Å².